The Kier molecular flexibility index (Phi) is 5.76. The van der Waals surface area contributed by atoms with Crippen LogP contribution in [0, 0.1) is 5.92 Å². The lowest BCUT2D eigenvalue weighted by Crippen LogP contribution is -2.40. The van der Waals surface area contributed by atoms with Crippen LogP contribution < -0.4 is 10.1 Å². The van der Waals surface area contributed by atoms with Gasteiger partial charge in [0.2, 0.25) is 11.8 Å². The number of amides is 1. The molecule has 1 aliphatic carbocycles. The van der Waals surface area contributed by atoms with Crippen molar-refractivity contribution in [3.8, 4) is 11.6 Å². The van der Waals surface area contributed by atoms with Gasteiger partial charge in [-0.1, -0.05) is 18.2 Å². The van der Waals surface area contributed by atoms with Crippen LogP contribution in [0.5, 0.6) is 5.88 Å². The molecule has 152 valence electrons. The van der Waals surface area contributed by atoms with Crippen LogP contribution in [0.25, 0.3) is 16.7 Å². The lowest BCUT2D eigenvalue weighted by molar-refractivity contribution is -0.120. The van der Waals surface area contributed by atoms with E-state index in [-0.39, 0.29) is 18.1 Å². The highest BCUT2D eigenvalue weighted by Crippen LogP contribution is 2.32. The van der Waals surface area contributed by atoms with Gasteiger partial charge in [-0.15, -0.1) is 0 Å². The Balaban J connectivity index is 1.30. The highest BCUT2D eigenvalue weighted by molar-refractivity contribution is 5.82. The van der Waals surface area contributed by atoms with Crippen molar-refractivity contribution < 1.29 is 14.3 Å². The molecule has 0 radical (unpaired) electrons. The van der Waals surface area contributed by atoms with E-state index in [1.165, 1.54) is 6.92 Å². The molecule has 1 aliphatic rings. The molecule has 1 amide bonds. The second kappa shape index (κ2) is 8.61. The standard InChI is InChI=1S/C22H26N4O3/c1-15(25-16(2)27)12-28-19-10-17(11-19)13-29-22-20-8-9-26(21(20)23-14-24-22)18-6-4-3-5-7-18/h3-9,14-15,17,19H,10-13H2,1-2H3,(H,25,27)/t15-,17-,19-/m0/s1. The first-order valence-corrected chi connectivity index (χ1v) is 9.99. The van der Waals surface area contributed by atoms with E-state index >= 15 is 0 Å². The maximum atomic E-state index is 11.0. The Morgan fingerprint density at radius 3 is 2.79 bits per heavy atom. The number of aromatic nitrogens is 3. The van der Waals surface area contributed by atoms with Crippen LogP contribution in [0.3, 0.4) is 0 Å². The van der Waals surface area contributed by atoms with Gasteiger partial charge in [-0.2, -0.15) is 0 Å². The van der Waals surface area contributed by atoms with Crippen molar-refractivity contribution in [3.05, 3.63) is 48.9 Å². The minimum Gasteiger partial charge on any atom is -0.477 e. The van der Waals surface area contributed by atoms with Crippen LogP contribution in [-0.4, -0.2) is 45.8 Å². The summed E-state index contributed by atoms with van der Waals surface area (Å²) in [5.74, 6) is 1.05. The lowest BCUT2D eigenvalue weighted by atomic mass is 9.83. The van der Waals surface area contributed by atoms with Crippen molar-refractivity contribution in [1.29, 1.82) is 0 Å². The van der Waals surface area contributed by atoms with E-state index in [4.69, 9.17) is 9.47 Å². The normalized spacial score (nSPS) is 19.5. The van der Waals surface area contributed by atoms with Crippen molar-refractivity contribution in [1.82, 2.24) is 19.9 Å². The summed E-state index contributed by atoms with van der Waals surface area (Å²) in [6.07, 6.45) is 5.71. The third kappa shape index (κ3) is 4.56. The van der Waals surface area contributed by atoms with E-state index in [1.807, 2.05) is 54.1 Å². The third-order valence-corrected chi connectivity index (χ3v) is 5.16. The number of para-hydroxylation sites is 1. The maximum Gasteiger partial charge on any atom is 0.226 e. The SMILES string of the molecule is CC(=O)N[C@@H](C)CO[C@H]1C[C@H](COc2ncnc3c2ccn3-c2ccccc2)C1. The zero-order chi connectivity index (χ0) is 20.2. The summed E-state index contributed by atoms with van der Waals surface area (Å²) in [5.41, 5.74) is 1.89. The quantitative estimate of drug-likeness (QED) is 0.635. The number of benzene rings is 1. The van der Waals surface area contributed by atoms with E-state index in [1.54, 1.807) is 6.33 Å². The number of fused-ring (bicyclic) bond motifs is 1. The fraction of sp³-hybridized carbons (Fsp3) is 0.409. The van der Waals surface area contributed by atoms with Crippen molar-refractivity contribution in [2.75, 3.05) is 13.2 Å². The smallest absolute Gasteiger partial charge is 0.226 e. The molecule has 1 N–H and O–H groups in total. The molecule has 1 saturated carbocycles. The van der Waals surface area contributed by atoms with Crippen molar-refractivity contribution in [2.45, 2.75) is 38.8 Å². The lowest BCUT2D eigenvalue weighted by Gasteiger charge is -2.35. The van der Waals surface area contributed by atoms with Gasteiger partial charge in [0.1, 0.15) is 6.33 Å². The molecule has 0 spiro atoms. The number of rotatable bonds is 8. The van der Waals surface area contributed by atoms with Crippen LogP contribution in [-0.2, 0) is 9.53 Å². The highest BCUT2D eigenvalue weighted by atomic mass is 16.5. The first-order chi connectivity index (χ1) is 14.1. The molecule has 0 saturated heterocycles. The van der Waals surface area contributed by atoms with Gasteiger partial charge in [0.15, 0.2) is 5.65 Å². The summed E-state index contributed by atoms with van der Waals surface area (Å²) in [6, 6.07) is 12.1. The molecular weight excluding hydrogens is 368 g/mol. The highest BCUT2D eigenvalue weighted by Gasteiger charge is 2.31. The van der Waals surface area contributed by atoms with E-state index in [9.17, 15) is 4.79 Å². The summed E-state index contributed by atoms with van der Waals surface area (Å²) < 4.78 is 13.9. The van der Waals surface area contributed by atoms with E-state index in [0.717, 1.165) is 29.6 Å². The molecule has 2 aromatic heterocycles. The van der Waals surface area contributed by atoms with Gasteiger partial charge in [0.05, 0.1) is 24.7 Å². The summed E-state index contributed by atoms with van der Waals surface area (Å²) in [4.78, 5) is 19.8. The monoisotopic (exact) mass is 394 g/mol. The summed E-state index contributed by atoms with van der Waals surface area (Å²) in [5, 5.41) is 3.74. The van der Waals surface area contributed by atoms with Gasteiger partial charge in [0, 0.05) is 24.8 Å². The van der Waals surface area contributed by atoms with Crippen LogP contribution in [0.2, 0.25) is 0 Å². The Hall–Kier alpha value is -2.93. The minimum atomic E-state index is -0.0294. The Labute approximate surface area is 170 Å². The fourth-order valence-electron chi connectivity index (χ4n) is 3.65. The minimum absolute atomic E-state index is 0.0294. The molecular formula is C22H26N4O3. The molecule has 7 heteroatoms. The molecule has 7 nitrogen and oxygen atoms in total. The zero-order valence-corrected chi connectivity index (χ0v) is 16.7. The molecule has 4 rings (SSSR count). The Morgan fingerprint density at radius 1 is 1.24 bits per heavy atom. The molecule has 1 atom stereocenters. The van der Waals surface area contributed by atoms with Gasteiger partial charge in [-0.25, -0.2) is 9.97 Å². The number of carbonyl (C=O) groups excluding carboxylic acids is 1. The van der Waals surface area contributed by atoms with Crippen molar-refractivity contribution in [3.63, 3.8) is 0 Å². The Bertz CT molecular complexity index is 967. The van der Waals surface area contributed by atoms with Crippen LogP contribution >= 0.6 is 0 Å². The number of hydrogen-bond acceptors (Lipinski definition) is 5. The van der Waals surface area contributed by atoms with Gasteiger partial charge in [-0.05, 0) is 43.9 Å². The predicted molar refractivity (Wildman–Crippen MR) is 110 cm³/mol. The first kappa shape index (κ1) is 19.4. The number of nitrogens with one attached hydrogen (secondary N) is 1. The molecule has 0 unspecified atom stereocenters. The second-order valence-corrected chi connectivity index (χ2v) is 7.64. The fourth-order valence-corrected chi connectivity index (χ4v) is 3.65. The average Bonchev–Trinajstić information content (AvgIpc) is 3.11. The van der Waals surface area contributed by atoms with Crippen LogP contribution in [0.4, 0.5) is 0 Å². The van der Waals surface area contributed by atoms with E-state index in [0.29, 0.717) is 25.0 Å². The molecule has 1 aromatic carbocycles. The van der Waals surface area contributed by atoms with Gasteiger partial charge in [-0.3, -0.25) is 4.79 Å². The van der Waals surface area contributed by atoms with Crippen molar-refractivity contribution in [2.24, 2.45) is 5.92 Å². The van der Waals surface area contributed by atoms with Crippen molar-refractivity contribution >= 4 is 16.9 Å². The van der Waals surface area contributed by atoms with Crippen LogP contribution in [0.15, 0.2) is 48.9 Å². The molecule has 3 aromatic rings. The molecule has 2 heterocycles. The first-order valence-electron chi connectivity index (χ1n) is 9.99. The molecule has 29 heavy (non-hydrogen) atoms. The second-order valence-electron chi connectivity index (χ2n) is 7.64. The number of ether oxygens (including phenoxy) is 2. The van der Waals surface area contributed by atoms with Gasteiger partial charge < -0.3 is 19.4 Å². The number of hydrogen-bond donors (Lipinski definition) is 1. The number of nitrogens with zero attached hydrogens (tertiary/aromatic N) is 3. The molecule has 0 bridgehead atoms. The predicted octanol–water partition coefficient (Wildman–Crippen LogP) is 3.12. The zero-order valence-electron chi connectivity index (χ0n) is 16.7. The summed E-state index contributed by atoms with van der Waals surface area (Å²) in [7, 11) is 0. The van der Waals surface area contributed by atoms with Crippen LogP contribution in [0.1, 0.15) is 26.7 Å². The number of carbonyl (C=O) groups is 1. The summed E-state index contributed by atoms with van der Waals surface area (Å²) >= 11 is 0. The largest absolute Gasteiger partial charge is 0.477 e. The average molecular weight is 394 g/mol. The topological polar surface area (TPSA) is 78.3 Å². The van der Waals surface area contributed by atoms with E-state index < -0.39 is 0 Å². The van der Waals surface area contributed by atoms with E-state index in [2.05, 4.69) is 15.3 Å². The van der Waals surface area contributed by atoms with Gasteiger partial charge in [0.25, 0.3) is 0 Å². The Morgan fingerprint density at radius 2 is 2.03 bits per heavy atom. The molecule has 0 aliphatic heterocycles. The summed E-state index contributed by atoms with van der Waals surface area (Å²) in [6.45, 7) is 4.62. The van der Waals surface area contributed by atoms with Gasteiger partial charge >= 0.3 is 0 Å². The molecule has 1 fully saturated rings. The maximum absolute atomic E-state index is 11.0. The third-order valence-electron chi connectivity index (χ3n) is 5.16.